The molecule has 0 heteroatoms. The molecule has 0 spiro atoms. The minimum atomic E-state index is 0.708. The smallest absolute Gasteiger partial charge is 0.0328 e. The number of fused-ring (bicyclic) bond motifs is 1. The largest absolute Gasteiger partial charge is 0.0599 e. The van der Waals surface area contributed by atoms with Crippen LogP contribution in [0.1, 0.15) is 46.0 Å². The molecule has 0 radical (unpaired) electrons. The molecule has 0 amide bonds. The summed E-state index contributed by atoms with van der Waals surface area (Å²) in [6, 6.07) is 0. The van der Waals surface area contributed by atoms with Crippen molar-refractivity contribution in [2.45, 2.75) is 46.0 Å². The van der Waals surface area contributed by atoms with Gasteiger partial charge in [-0.25, -0.2) is 0 Å². The molecule has 12 heavy (non-hydrogen) atoms. The first kappa shape index (κ1) is 7.41. The van der Waals surface area contributed by atoms with Crippen LogP contribution in [0.4, 0.5) is 0 Å². The predicted octanol–water partition coefficient (Wildman–Crippen LogP) is 3.47. The van der Waals surface area contributed by atoms with E-state index >= 15 is 0 Å². The van der Waals surface area contributed by atoms with Crippen LogP contribution in [0, 0.1) is 29.1 Å². The third kappa shape index (κ3) is 0.843. The predicted molar refractivity (Wildman–Crippen MR) is 50.8 cm³/mol. The van der Waals surface area contributed by atoms with Crippen molar-refractivity contribution < 1.29 is 0 Å². The van der Waals surface area contributed by atoms with E-state index < -0.39 is 0 Å². The summed E-state index contributed by atoms with van der Waals surface area (Å²) in [4.78, 5) is 0. The van der Waals surface area contributed by atoms with E-state index in [2.05, 4.69) is 13.8 Å². The van der Waals surface area contributed by atoms with E-state index in [-0.39, 0.29) is 0 Å². The van der Waals surface area contributed by atoms with Gasteiger partial charge in [0.1, 0.15) is 0 Å². The zero-order valence-corrected chi connectivity index (χ0v) is 8.34. The lowest BCUT2D eigenvalue weighted by molar-refractivity contribution is -0.0298. The molecule has 4 aliphatic rings. The summed E-state index contributed by atoms with van der Waals surface area (Å²) < 4.78 is 0. The van der Waals surface area contributed by atoms with Crippen molar-refractivity contribution in [3.05, 3.63) is 0 Å². The fourth-order valence-corrected chi connectivity index (χ4v) is 4.34. The molecule has 2 unspecified atom stereocenters. The van der Waals surface area contributed by atoms with Gasteiger partial charge in [0, 0.05) is 0 Å². The van der Waals surface area contributed by atoms with Crippen molar-refractivity contribution in [3.8, 4) is 0 Å². The fraction of sp³-hybridized carbons (Fsp3) is 1.00. The van der Waals surface area contributed by atoms with Gasteiger partial charge in [0.15, 0.2) is 0 Å². The van der Waals surface area contributed by atoms with Crippen LogP contribution < -0.4 is 0 Å². The van der Waals surface area contributed by atoms with Crippen LogP contribution in [-0.4, -0.2) is 0 Å². The molecule has 0 aromatic rings. The average molecular weight is 164 g/mol. The molecule has 4 saturated carbocycles. The maximum absolute atomic E-state index is 2.43. The fourth-order valence-electron chi connectivity index (χ4n) is 4.34. The maximum Gasteiger partial charge on any atom is -0.0328 e. The van der Waals surface area contributed by atoms with Crippen LogP contribution in [0.2, 0.25) is 0 Å². The minimum Gasteiger partial charge on any atom is -0.0599 e. The van der Waals surface area contributed by atoms with Crippen molar-refractivity contribution in [2.24, 2.45) is 29.1 Å². The van der Waals surface area contributed by atoms with Crippen molar-refractivity contribution in [1.29, 1.82) is 0 Å². The van der Waals surface area contributed by atoms with Gasteiger partial charge in [0.2, 0.25) is 0 Å². The Bertz CT molecular complexity index is 182. The Balaban J connectivity index is 1.64. The second-order valence-corrected chi connectivity index (χ2v) is 6.24. The van der Waals surface area contributed by atoms with Crippen LogP contribution in [0.3, 0.4) is 0 Å². The molecule has 2 bridgehead atoms. The summed E-state index contributed by atoms with van der Waals surface area (Å²) in [5.41, 5.74) is 0.708. The average Bonchev–Trinajstić information content (AvgIpc) is 2.38. The molecule has 0 aromatic carbocycles. The highest BCUT2D eigenvalue weighted by molar-refractivity contribution is 5.03. The highest BCUT2D eigenvalue weighted by Crippen LogP contribution is 2.63. The van der Waals surface area contributed by atoms with E-state index in [1.54, 1.807) is 19.3 Å². The van der Waals surface area contributed by atoms with Crippen molar-refractivity contribution >= 4 is 0 Å². The Hall–Kier alpha value is 0. The summed E-state index contributed by atoms with van der Waals surface area (Å²) in [5, 5.41) is 0. The summed E-state index contributed by atoms with van der Waals surface area (Å²) in [6.07, 6.45) is 7.81. The molecule has 0 aromatic heterocycles. The van der Waals surface area contributed by atoms with Gasteiger partial charge < -0.3 is 0 Å². The molecular weight excluding hydrogens is 144 g/mol. The van der Waals surface area contributed by atoms with Gasteiger partial charge in [0.05, 0.1) is 0 Å². The van der Waals surface area contributed by atoms with Gasteiger partial charge in [-0.3, -0.25) is 0 Å². The van der Waals surface area contributed by atoms with E-state index in [1.165, 1.54) is 30.6 Å². The number of rotatable bonds is 1. The van der Waals surface area contributed by atoms with Gasteiger partial charge in [-0.15, -0.1) is 0 Å². The molecular formula is C12H20. The van der Waals surface area contributed by atoms with Crippen LogP contribution in [-0.2, 0) is 0 Å². The van der Waals surface area contributed by atoms with Crippen molar-refractivity contribution in [3.63, 3.8) is 0 Å². The zero-order valence-electron chi connectivity index (χ0n) is 8.34. The second-order valence-electron chi connectivity index (χ2n) is 6.24. The van der Waals surface area contributed by atoms with E-state index in [0.717, 1.165) is 5.92 Å². The summed E-state index contributed by atoms with van der Waals surface area (Å²) in [6.45, 7) is 4.87. The van der Waals surface area contributed by atoms with E-state index in [1.807, 2.05) is 0 Å². The normalized spacial score (nSPS) is 50.0. The number of hydrogen-bond acceptors (Lipinski definition) is 0. The van der Waals surface area contributed by atoms with E-state index in [9.17, 15) is 0 Å². The van der Waals surface area contributed by atoms with E-state index in [4.69, 9.17) is 0 Å². The molecule has 0 saturated heterocycles. The molecule has 4 fully saturated rings. The molecule has 0 heterocycles. The molecule has 4 aliphatic carbocycles. The topological polar surface area (TPSA) is 0 Å². The lowest BCUT2D eigenvalue weighted by atomic mass is 9.53. The third-order valence-electron chi connectivity index (χ3n) is 4.78. The lowest BCUT2D eigenvalue weighted by Gasteiger charge is -2.53. The highest BCUT2D eigenvalue weighted by atomic mass is 14.6. The van der Waals surface area contributed by atoms with Gasteiger partial charge in [-0.2, -0.15) is 0 Å². The van der Waals surface area contributed by atoms with Crippen LogP contribution >= 0.6 is 0 Å². The molecule has 68 valence electrons. The Kier molecular flexibility index (Phi) is 1.28. The lowest BCUT2D eigenvalue weighted by Crippen LogP contribution is -2.44. The second kappa shape index (κ2) is 2.08. The summed E-state index contributed by atoms with van der Waals surface area (Å²) in [5.74, 6) is 4.69. The van der Waals surface area contributed by atoms with Crippen LogP contribution in [0.25, 0.3) is 0 Å². The monoisotopic (exact) mass is 164 g/mol. The van der Waals surface area contributed by atoms with Gasteiger partial charge in [0.25, 0.3) is 0 Å². The third-order valence-corrected chi connectivity index (χ3v) is 4.78. The molecule has 0 N–H and O–H groups in total. The van der Waals surface area contributed by atoms with Crippen molar-refractivity contribution in [1.82, 2.24) is 0 Å². The molecule has 2 atom stereocenters. The van der Waals surface area contributed by atoms with E-state index in [0.29, 0.717) is 5.41 Å². The maximum atomic E-state index is 2.43. The van der Waals surface area contributed by atoms with Crippen LogP contribution in [0.5, 0.6) is 0 Å². The quantitative estimate of drug-likeness (QED) is 0.556. The van der Waals surface area contributed by atoms with Gasteiger partial charge in [-0.05, 0) is 61.2 Å². The SMILES string of the molecule is CC1(C)CC(C2C3CCC2C3)C1. The van der Waals surface area contributed by atoms with Gasteiger partial charge in [-0.1, -0.05) is 13.8 Å². The first-order valence-electron chi connectivity index (χ1n) is 5.66. The Morgan fingerprint density at radius 1 is 0.917 bits per heavy atom. The zero-order chi connectivity index (χ0) is 8.34. The standard InChI is InChI=1S/C12H20/c1-12(2)6-10(7-12)11-8-3-4-9(11)5-8/h8-11H,3-7H2,1-2H3. The van der Waals surface area contributed by atoms with Gasteiger partial charge >= 0.3 is 0 Å². The Morgan fingerprint density at radius 3 is 1.92 bits per heavy atom. The summed E-state index contributed by atoms with van der Waals surface area (Å²) >= 11 is 0. The molecule has 0 nitrogen and oxygen atoms in total. The highest BCUT2D eigenvalue weighted by Gasteiger charge is 2.54. The van der Waals surface area contributed by atoms with Crippen LogP contribution in [0.15, 0.2) is 0 Å². The molecule has 4 rings (SSSR count). The first-order valence-corrected chi connectivity index (χ1v) is 5.66. The minimum absolute atomic E-state index is 0.708. The number of hydrogen-bond donors (Lipinski definition) is 0. The van der Waals surface area contributed by atoms with Crippen molar-refractivity contribution in [2.75, 3.05) is 0 Å². The molecule has 0 aliphatic heterocycles. The summed E-state index contributed by atoms with van der Waals surface area (Å²) in [7, 11) is 0. The Labute approximate surface area is 75.7 Å². The first-order chi connectivity index (χ1) is 5.66. The Morgan fingerprint density at radius 2 is 1.50 bits per heavy atom.